The molecule has 0 aliphatic heterocycles. The van der Waals surface area contributed by atoms with Crippen LogP contribution in [0.15, 0.2) is 6.20 Å². The average Bonchev–Trinajstić information content (AvgIpc) is 2.91. The molecule has 0 unspecified atom stereocenters. The van der Waals surface area contributed by atoms with E-state index in [1.54, 1.807) is 0 Å². The van der Waals surface area contributed by atoms with Crippen LogP contribution in [0.25, 0.3) is 10.2 Å². The number of nitrogens with zero attached hydrogens (tertiary/aromatic N) is 2. The molecule has 0 N–H and O–H groups in total. The first-order valence-corrected chi connectivity index (χ1v) is 7.98. The fourth-order valence-electron chi connectivity index (χ4n) is 2.45. The lowest BCUT2D eigenvalue weighted by molar-refractivity contribution is 0.0776. The largest absolute Gasteiger partial charge is 0.469 e. The minimum absolute atomic E-state index is 0.111. The van der Waals surface area contributed by atoms with E-state index in [0.717, 1.165) is 37.0 Å². The summed E-state index contributed by atoms with van der Waals surface area (Å²) in [6.45, 7) is -0.889. The van der Waals surface area contributed by atoms with Gasteiger partial charge in [0.25, 0.3) is 17.5 Å². The molecular formula is C14H15F3N2O2S. The molecule has 8 heteroatoms. The molecule has 4 nitrogen and oxygen atoms in total. The van der Waals surface area contributed by atoms with E-state index in [4.69, 9.17) is 4.74 Å². The molecule has 0 bridgehead atoms. The van der Waals surface area contributed by atoms with Crippen LogP contribution in [0.5, 0.6) is 11.1 Å². The van der Waals surface area contributed by atoms with Crippen LogP contribution in [0.4, 0.5) is 13.2 Å². The fraction of sp³-hybridized carbons (Fsp3) is 0.571. The zero-order valence-electron chi connectivity index (χ0n) is 11.7. The van der Waals surface area contributed by atoms with Crippen LogP contribution in [0.3, 0.4) is 0 Å². The zero-order valence-corrected chi connectivity index (χ0v) is 12.5. The van der Waals surface area contributed by atoms with Gasteiger partial charge in [0.1, 0.15) is 16.3 Å². The van der Waals surface area contributed by atoms with E-state index >= 15 is 0 Å². The van der Waals surface area contributed by atoms with Gasteiger partial charge in [0.05, 0.1) is 6.20 Å². The Morgan fingerprint density at radius 3 is 2.77 bits per heavy atom. The van der Waals surface area contributed by atoms with E-state index in [2.05, 4.69) is 14.7 Å². The zero-order chi connectivity index (χ0) is 15.5. The van der Waals surface area contributed by atoms with Crippen LogP contribution in [-0.2, 0) is 0 Å². The third-order valence-electron chi connectivity index (χ3n) is 3.49. The molecule has 1 saturated carbocycles. The summed E-state index contributed by atoms with van der Waals surface area (Å²) < 4.78 is 49.1. The molecule has 22 heavy (non-hydrogen) atoms. The van der Waals surface area contributed by atoms with Gasteiger partial charge < -0.3 is 9.47 Å². The number of thiazole rings is 1. The number of pyridine rings is 1. The number of hydrogen-bond acceptors (Lipinski definition) is 5. The first kappa shape index (κ1) is 15.3. The summed E-state index contributed by atoms with van der Waals surface area (Å²) in [5.41, 5.74) is 0.345. The van der Waals surface area contributed by atoms with Gasteiger partial charge in [-0.15, -0.1) is 0 Å². The van der Waals surface area contributed by atoms with Gasteiger partial charge in [-0.1, -0.05) is 17.8 Å². The highest BCUT2D eigenvalue weighted by molar-refractivity contribution is 7.20. The fourth-order valence-corrected chi connectivity index (χ4v) is 3.33. The van der Waals surface area contributed by atoms with Crippen LogP contribution in [0.1, 0.15) is 32.1 Å². The Morgan fingerprint density at radius 2 is 2.05 bits per heavy atom. The van der Waals surface area contributed by atoms with E-state index in [1.165, 1.54) is 12.6 Å². The Labute approximate surface area is 129 Å². The van der Waals surface area contributed by atoms with E-state index in [1.807, 2.05) is 0 Å². The Kier molecular flexibility index (Phi) is 4.66. The maximum Gasteiger partial charge on any atom is 0.274 e. The molecule has 1 aliphatic carbocycles. The molecule has 120 valence electrons. The molecule has 3 rings (SSSR count). The van der Waals surface area contributed by atoms with E-state index in [-0.39, 0.29) is 10.8 Å². The van der Waals surface area contributed by atoms with Crippen molar-refractivity contribution in [3.63, 3.8) is 0 Å². The summed E-state index contributed by atoms with van der Waals surface area (Å²) in [5, 5.41) is 0.383. The SMILES string of the molecule is Fc1c(OCC(F)F)ncc2nc(OC3CCCCC3)sc12. The van der Waals surface area contributed by atoms with Crippen molar-refractivity contribution in [1.29, 1.82) is 0 Å². The van der Waals surface area contributed by atoms with Crippen LogP contribution in [-0.4, -0.2) is 29.1 Å². The highest BCUT2D eigenvalue weighted by Crippen LogP contribution is 2.34. The van der Waals surface area contributed by atoms with Gasteiger partial charge in [0.2, 0.25) is 5.82 Å². The number of hydrogen-bond donors (Lipinski definition) is 0. The van der Waals surface area contributed by atoms with Crippen molar-refractivity contribution >= 4 is 21.6 Å². The highest BCUT2D eigenvalue weighted by Gasteiger charge is 2.20. The lowest BCUT2D eigenvalue weighted by Gasteiger charge is -2.21. The second-order valence-electron chi connectivity index (χ2n) is 5.15. The van der Waals surface area contributed by atoms with E-state index in [9.17, 15) is 13.2 Å². The average molecular weight is 332 g/mol. The number of fused-ring (bicyclic) bond motifs is 1. The van der Waals surface area contributed by atoms with Crippen molar-refractivity contribution < 1.29 is 22.6 Å². The lowest BCUT2D eigenvalue weighted by atomic mass is 9.98. The van der Waals surface area contributed by atoms with Gasteiger partial charge in [0.15, 0.2) is 6.61 Å². The standard InChI is InChI=1S/C14H15F3N2O2S/c15-10(16)7-20-13-11(17)12-9(6-18-13)19-14(22-12)21-8-4-2-1-3-5-8/h6,8,10H,1-5,7H2. The second-order valence-corrected chi connectivity index (χ2v) is 6.11. The van der Waals surface area contributed by atoms with Crippen LogP contribution in [0, 0.1) is 5.82 Å². The number of ether oxygens (including phenoxy) is 2. The Hall–Kier alpha value is -1.57. The molecule has 2 heterocycles. The number of alkyl halides is 2. The van der Waals surface area contributed by atoms with E-state index in [0.29, 0.717) is 10.7 Å². The molecule has 1 aliphatic rings. The first-order valence-electron chi connectivity index (χ1n) is 7.16. The first-order chi connectivity index (χ1) is 10.6. The minimum Gasteiger partial charge on any atom is -0.469 e. The van der Waals surface area contributed by atoms with Crippen molar-refractivity contribution in [2.24, 2.45) is 0 Å². The molecular weight excluding hydrogens is 317 g/mol. The van der Waals surface area contributed by atoms with Crippen molar-refractivity contribution in [3.05, 3.63) is 12.0 Å². The molecule has 2 aromatic heterocycles. The summed E-state index contributed by atoms with van der Waals surface area (Å²) in [6.07, 6.45) is 4.14. The topological polar surface area (TPSA) is 44.2 Å². The Morgan fingerprint density at radius 1 is 1.27 bits per heavy atom. The molecule has 0 aromatic carbocycles. The third-order valence-corrected chi connectivity index (χ3v) is 4.45. The van der Waals surface area contributed by atoms with Gasteiger partial charge in [-0.25, -0.2) is 18.7 Å². The van der Waals surface area contributed by atoms with Crippen molar-refractivity contribution in [2.75, 3.05) is 6.61 Å². The Bertz CT molecular complexity index is 644. The summed E-state index contributed by atoms with van der Waals surface area (Å²) in [4.78, 5) is 7.89. The van der Waals surface area contributed by atoms with Crippen LogP contribution >= 0.6 is 11.3 Å². The van der Waals surface area contributed by atoms with Crippen molar-refractivity contribution in [2.45, 2.75) is 44.6 Å². The summed E-state index contributed by atoms with van der Waals surface area (Å²) in [7, 11) is 0. The molecule has 2 aromatic rings. The van der Waals surface area contributed by atoms with Crippen molar-refractivity contribution in [1.82, 2.24) is 9.97 Å². The number of rotatable bonds is 5. The molecule has 0 atom stereocenters. The predicted molar refractivity (Wildman–Crippen MR) is 76.4 cm³/mol. The monoisotopic (exact) mass is 332 g/mol. The normalized spacial score (nSPS) is 16.4. The van der Waals surface area contributed by atoms with E-state index < -0.39 is 24.7 Å². The van der Waals surface area contributed by atoms with Gasteiger partial charge >= 0.3 is 0 Å². The number of aromatic nitrogens is 2. The maximum atomic E-state index is 14.2. The number of halogens is 3. The minimum atomic E-state index is -2.68. The summed E-state index contributed by atoms with van der Waals surface area (Å²) in [5.74, 6) is -1.20. The highest BCUT2D eigenvalue weighted by atomic mass is 32.1. The predicted octanol–water partition coefficient (Wildman–Crippen LogP) is 4.19. The molecule has 0 amide bonds. The van der Waals surface area contributed by atoms with Gasteiger partial charge in [-0.3, -0.25) is 0 Å². The van der Waals surface area contributed by atoms with Crippen LogP contribution in [0.2, 0.25) is 0 Å². The summed E-state index contributed by atoms with van der Waals surface area (Å²) >= 11 is 1.05. The lowest BCUT2D eigenvalue weighted by Crippen LogP contribution is -2.19. The second kappa shape index (κ2) is 6.68. The quantitative estimate of drug-likeness (QED) is 0.824. The molecule has 1 fully saturated rings. The maximum absolute atomic E-state index is 14.2. The van der Waals surface area contributed by atoms with Gasteiger partial charge in [0, 0.05) is 0 Å². The smallest absolute Gasteiger partial charge is 0.274 e. The third kappa shape index (κ3) is 3.43. The summed E-state index contributed by atoms with van der Waals surface area (Å²) in [6, 6.07) is 0. The van der Waals surface area contributed by atoms with Crippen LogP contribution < -0.4 is 9.47 Å². The van der Waals surface area contributed by atoms with Gasteiger partial charge in [-0.05, 0) is 25.7 Å². The molecule has 0 radical (unpaired) electrons. The van der Waals surface area contributed by atoms with Gasteiger partial charge in [-0.2, -0.15) is 4.39 Å². The van der Waals surface area contributed by atoms with Crippen molar-refractivity contribution in [3.8, 4) is 11.1 Å². The molecule has 0 spiro atoms. The Balaban J connectivity index is 1.78. The molecule has 0 saturated heterocycles.